The standard InChI is InChI=1S/C17H14ClFN2O3/c1-23-15-8-13(16(24-2)7-11(15)18)21-17(22)14-5-9-3-4-10(19)6-12(9)20-14/h3-8,20H,1-2H3,(H,21,22). The molecular formula is C17H14ClFN2O3. The van der Waals surface area contributed by atoms with Crippen molar-refractivity contribution >= 4 is 34.1 Å². The van der Waals surface area contributed by atoms with Gasteiger partial charge >= 0.3 is 0 Å². The molecule has 0 bridgehead atoms. The zero-order valence-electron chi connectivity index (χ0n) is 12.9. The van der Waals surface area contributed by atoms with Crippen molar-refractivity contribution in [3.05, 3.63) is 52.9 Å². The number of carbonyl (C=O) groups excluding carboxylic acids is 1. The minimum atomic E-state index is -0.394. The Morgan fingerprint density at radius 1 is 1.12 bits per heavy atom. The molecule has 0 aliphatic rings. The molecule has 0 saturated carbocycles. The predicted molar refractivity (Wildman–Crippen MR) is 90.8 cm³/mol. The van der Waals surface area contributed by atoms with Gasteiger partial charge in [0.1, 0.15) is 23.0 Å². The maximum atomic E-state index is 13.3. The number of anilines is 1. The van der Waals surface area contributed by atoms with Gasteiger partial charge in [0.15, 0.2) is 0 Å². The molecule has 0 saturated heterocycles. The van der Waals surface area contributed by atoms with Crippen molar-refractivity contribution in [3.63, 3.8) is 0 Å². The van der Waals surface area contributed by atoms with Gasteiger partial charge < -0.3 is 19.8 Å². The highest BCUT2D eigenvalue weighted by atomic mass is 35.5. The third-order valence-electron chi connectivity index (χ3n) is 3.55. The summed E-state index contributed by atoms with van der Waals surface area (Å²) >= 11 is 6.04. The molecule has 0 spiro atoms. The number of benzene rings is 2. The van der Waals surface area contributed by atoms with E-state index in [-0.39, 0.29) is 5.82 Å². The Morgan fingerprint density at radius 3 is 2.58 bits per heavy atom. The third-order valence-corrected chi connectivity index (χ3v) is 3.85. The average molecular weight is 349 g/mol. The molecule has 0 aliphatic carbocycles. The first-order valence-electron chi connectivity index (χ1n) is 7.03. The fourth-order valence-electron chi connectivity index (χ4n) is 2.37. The van der Waals surface area contributed by atoms with Gasteiger partial charge in [-0.25, -0.2) is 4.39 Å². The fourth-order valence-corrected chi connectivity index (χ4v) is 2.60. The van der Waals surface area contributed by atoms with Crippen molar-refractivity contribution in [1.82, 2.24) is 4.98 Å². The van der Waals surface area contributed by atoms with E-state index in [1.54, 1.807) is 24.3 Å². The SMILES string of the molecule is COc1cc(NC(=O)c2cc3ccc(F)cc3[nH]2)c(OC)cc1Cl. The molecule has 0 unspecified atom stereocenters. The summed E-state index contributed by atoms with van der Waals surface area (Å²) in [4.78, 5) is 15.3. The summed E-state index contributed by atoms with van der Waals surface area (Å²) in [6.45, 7) is 0. The number of hydrogen-bond acceptors (Lipinski definition) is 3. The Hall–Kier alpha value is -2.73. The smallest absolute Gasteiger partial charge is 0.272 e. The van der Waals surface area contributed by atoms with E-state index in [2.05, 4.69) is 10.3 Å². The molecule has 1 aromatic heterocycles. The lowest BCUT2D eigenvalue weighted by molar-refractivity contribution is 0.102. The van der Waals surface area contributed by atoms with Gasteiger partial charge in [0.05, 0.1) is 24.9 Å². The third kappa shape index (κ3) is 3.00. The second-order valence-corrected chi connectivity index (χ2v) is 5.46. The van der Waals surface area contributed by atoms with Crippen molar-refractivity contribution in [3.8, 4) is 11.5 Å². The molecule has 0 fully saturated rings. The number of ether oxygens (including phenoxy) is 2. The quantitative estimate of drug-likeness (QED) is 0.741. The molecule has 24 heavy (non-hydrogen) atoms. The van der Waals surface area contributed by atoms with Crippen molar-refractivity contribution in [1.29, 1.82) is 0 Å². The summed E-state index contributed by atoms with van der Waals surface area (Å²) in [5.41, 5.74) is 1.25. The monoisotopic (exact) mass is 348 g/mol. The Kier molecular flexibility index (Phi) is 4.31. The number of aromatic nitrogens is 1. The van der Waals surface area contributed by atoms with Crippen molar-refractivity contribution < 1.29 is 18.7 Å². The second-order valence-electron chi connectivity index (χ2n) is 5.06. The van der Waals surface area contributed by atoms with Gasteiger partial charge in [-0.3, -0.25) is 4.79 Å². The largest absolute Gasteiger partial charge is 0.495 e. The number of H-pyrrole nitrogens is 1. The Labute approximate surface area is 142 Å². The summed E-state index contributed by atoms with van der Waals surface area (Å²) in [7, 11) is 2.95. The molecule has 3 aromatic rings. The normalized spacial score (nSPS) is 10.7. The first kappa shape index (κ1) is 16.1. The molecule has 2 aromatic carbocycles. The summed E-state index contributed by atoms with van der Waals surface area (Å²) < 4.78 is 23.6. The van der Waals surface area contributed by atoms with Gasteiger partial charge in [0.25, 0.3) is 5.91 Å². The summed E-state index contributed by atoms with van der Waals surface area (Å²) in [6.07, 6.45) is 0. The first-order valence-corrected chi connectivity index (χ1v) is 7.40. The highest BCUT2D eigenvalue weighted by Crippen LogP contribution is 2.36. The number of rotatable bonds is 4. The lowest BCUT2D eigenvalue weighted by Gasteiger charge is -2.12. The number of methoxy groups -OCH3 is 2. The predicted octanol–water partition coefficient (Wildman–Crippen LogP) is 4.23. The molecule has 0 radical (unpaired) electrons. The Morgan fingerprint density at radius 2 is 1.88 bits per heavy atom. The van der Waals surface area contributed by atoms with Crippen LogP contribution < -0.4 is 14.8 Å². The van der Waals surface area contributed by atoms with E-state index in [0.717, 1.165) is 5.39 Å². The molecule has 1 heterocycles. The topological polar surface area (TPSA) is 63.3 Å². The number of nitrogens with one attached hydrogen (secondary N) is 2. The lowest BCUT2D eigenvalue weighted by atomic mass is 10.2. The van der Waals surface area contributed by atoms with Gasteiger partial charge in [-0.15, -0.1) is 0 Å². The number of carbonyl (C=O) groups is 1. The van der Waals surface area contributed by atoms with Crippen molar-refractivity contribution in [2.75, 3.05) is 19.5 Å². The fraction of sp³-hybridized carbons (Fsp3) is 0.118. The van der Waals surface area contributed by atoms with Crippen LogP contribution in [0.5, 0.6) is 11.5 Å². The van der Waals surface area contributed by atoms with Gasteiger partial charge in [-0.2, -0.15) is 0 Å². The van der Waals surface area contributed by atoms with Gasteiger partial charge in [0.2, 0.25) is 0 Å². The van der Waals surface area contributed by atoms with Crippen LogP contribution in [0.2, 0.25) is 5.02 Å². The van der Waals surface area contributed by atoms with Gasteiger partial charge in [-0.05, 0) is 24.3 Å². The molecule has 124 valence electrons. The Balaban J connectivity index is 1.93. The van der Waals surface area contributed by atoms with Crippen LogP contribution in [0.3, 0.4) is 0 Å². The van der Waals surface area contributed by atoms with E-state index < -0.39 is 5.91 Å². The summed E-state index contributed by atoms with van der Waals surface area (Å²) in [6, 6.07) is 9.04. The van der Waals surface area contributed by atoms with Crippen LogP contribution in [0.25, 0.3) is 10.9 Å². The van der Waals surface area contributed by atoms with Crippen LogP contribution in [0, 0.1) is 5.82 Å². The summed E-state index contributed by atoms with van der Waals surface area (Å²) in [5, 5.41) is 3.83. The van der Waals surface area contributed by atoms with E-state index in [9.17, 15) is 9.18 Å². The van der Waals surface area contributed by atoms with E-state index in [1.807, 2.05) is 0 Å². The molecule has 3 rings (SSSR count). The van der Waals surface area contributed by atoms with Crippen molar-refractivity contribution in [2.24, 2.45) is 0 Å². The van der Waals surface area contributed by atoms with E-state index in [0.29, 0.717) is 33.4 Å². The van der Waals surface area contributed by atoms with Crippen LogP contribution in [-0.4, -0.2) is 25.1 Å². The average Bonchev–Trinajstić information content (AvgIpc) is 2.99. The molecule has 0 atom stereocenters. The van der Waals surface area contributed by atoms with Crippen LogP contribution in [0.15, 0.2) is 36.4 Å². The Bertz CT molecular complexity index is 924. The maximum Gasteiger partial charge on any atom is 0.272 e. The number of amides is 1. The van der Waals surface area contributed by atoms with E-state index in [1.165, 1.54) is 26.4 Å². The van der Waals surface area contributed by atoms with Crippen LogP contribution in [0.1, 0.15) is 10.5 Å². The number of aromatic amines is 1. The van der Waals surface area contributed by atoms with Gasteiger partial charge in [0, 0.05) is 23.0 Å². The number of hydrogen-bond donors (Lipinski definition) is 2. The molecule has 2 N–H and O–H groups in total. The molecule has 7 heteroatoms. The second kappa shape index (κ2) is 6.41. The molecule has 1 amide bonds. The molecule has 5 nitrogen and oxygen atoms in total. The van der Waals surface area contributed by atoms with Crippen molar-refractivity contribution in [2.45, 2.75) is 0 Å². The van der Waals surface area contributed by atoms with Crippen LogP contribution >= 0.6 is 11.6 Å². The van der Waals surface area contributed by atoms with Gasteiger partial charge in [-0.1, -0.05) is 11.6 Å². The number of halogens is 2. The highest BCUT2D eigenvalue weighted by molar-refractivity contribution is 6.32. The minimum Gasteiger partial charge on any atom is -0.495 e. The molecule has 0 aliphatic heterocycles. The zero-order chi connectivity index (χ0) is 17.3. The van der Waals surface area contributed by atoms with E-state index >= 15 is 0 Å². The van der Waals surface area contributed by atoms with Crippen LogP contribution in [0.4, 0.5) is 10.1 Å². The molecular weight excluding hydrogens is 335 g/mol. The zero-order valence-corrected chi connectivity index (χ0v) is 13.7. The summed E-state index contributed by atoms with van der Waals surface area (Å²) in [5.74, 6) is 0.0393. The minimum absolute atomic E-state index is 0.298. The lowest BCUT2D eigenvalue weighted by Crippen LogP contribution is -2.13. The van der Waals surface area contributed by atoms with E-state index in [4.69, 9.17) is 21.1 Å². The van der Waals surface area contributed by atoms with Crippen LogP contribution in [-0.2, 0) is 0 Å². The highest BCUT2D eigenvalue weighted by Gasteiger charge is 2.15. The first-order chi connectivity index (χ1) is 11.5. The maximum absolute atomic E-state index is 13.3. The number of fused-ring (bicyclic) bond motifs is 1.